The number of hydrogen-bond acceptors (Lipinski definition) is 2. The fraction of sp³-hybridized carbons (Fsp3) is 0.900. The van der Waals surface area contributed by atoms with Crippen molar-refractivity contribution in [2.45, 2.75) is 95.7 Å². The Labute approximate surface area is 145 Å². The molecule has 0 atom stereocenters. The van der Waals surface area contributed by atoms with Crippen molar-refractivity contribution in [2.24, 2.45) is 0 Å². The first-order valence-electron chi connectivity index (χ1n) is 9.95. The van der Waals surface area contributed by atoms with Crippen LogP contribution in [0.15, 0.2) is 0 Å². The molecule has 0 aliphatic carbocycles. The van der Waals surface area contributed by atoms with Gasteiger partial charge in [0.05, 0.1) is 13.2 Å². The van der Waals surface area contributed by atoms with Gasteiger partial charge in [-0.1, -0.05) is 64.3 Å². The molecule has 0 saturated carbocycles. The first-order valence-corrected chi connectivity index (χ1v) is 12.9. The number of aliphatic hydroxyl groups is 1. The van der Waals surface area contributed by atoms with Crippen LogP contribution in [-0.4, -0.2) is 33.0 Å². The monoisotopic (exact) mass is 338 g/mol. The van der Waals surface area contributed by atoms with Gasteiger partial charge in [0.25, 0.3) is 0 Å². The lowest BCUT2D eigenvalue weighted by Gasteiger charge is -2.30. The van der Waals surface area contributed by atoms with E-state index in [9.17, 15) is 0 Å². The Morgan fingerprint density at radius 1 is 0.826 bits per heavy atom. The van der Waals surface area contributed by atoms with E-state index >= 15 is 0 Å². The van der Waals surface area contributed by atoms with E-state index in [1.54, 1.807) is 0 Å². The van der Waals surface area contributed by atoms with Crippen LogP contribution in [0.4, 0.5) is 0 Å². The van der Waals surface area contributed by atoms with Crippen LogP contribution in [0.5, 0.6) is 0 Å². The number of unbranched alkanes of at least 4 members (excludes halogenated alkanes) is 10. The first-order chi connectivity index (χ1) is 11.3. The number of aliphatic hydroxyl groups excluding tert-OH is 1. The average molecular weight is 339 g/mol. The van der Waals surface area contributed by atoms with Crippen LogP contribution in [0.25, 0.3) is 0 Å². The molecule has 134 valence electrons. The molecule has 1 saturated heterocycles. The van der Waals surface area contributed by atoms with Crippen LogP contribution in [0.1, 0.15) is 77.0 Å². The lowest BCUT2D eigenvalue weighted by molar-refractivity contribution is 0.0895. The second kappa shape index (κ2) is 14.1. The highest BCUT2D eigenvalue weighted by molar-refractivity contribution is 6.88. The molecule has 1 N–H and O–H groups in total. The van der Waals surface area contributed by atoms with Gasteiger partial charge in [0.2, 0.25) is 0 Å². The summed E-state index contributed by atoms with van der Waals surface area (Å²) in [5, 5.41) is 8.58. The second-order valence-electron chi connectivity index (χ2n) is 7.34. The molecule has 1 fully saturated rings. The van der Waals surface area contributed by atoms with E-state index in [0.29, 0.717) is 6.61 Å². The normalized spacial score (nSPS) is 15.7. The van der Waals surface area contributed by atoms with E-state index < -0.39 is 8.07 Å². The Morgan fingerprint density at radius 2 is 1.39 bits per heavy atom. The fourth-order valence-corrected chi connectivity index (χ4v) is 5.32. The summed E-state index contributed by atoms with van der Waals surface area (Å²) in [6, 6.07) is 2.91. The molecule has 0 amide bonds. The lowest BCUT2D eigenvalue weighted by Crippen LogP contribution is -2.36. The third kappa shape index (κ3) is 11.8. The molecule has 1 rings (SSSR count). The minimum absolute atomic E-state index is 0.147. The summed E-state index contributed by atoms with van der Waals surface area (Å²) in [6.07, 6.45) is 16.0. The molecule has 0 bridgehead atoms. The van der Waals surface area contributed by atoms with E-state index in [4.69, 9.17) is 9.84 Å². The molecule has 2 nitrogen and oxygen atoms in total. The van der Waals surface area contributed by atoms with Crippen molar-refractivity contribution in [3.63, 3.8) is 0 Å². The quantitative estimate of drug-likeness (QED) is 0.264. The molecular formula is C20H38O2Si. The standard InChI is InChI=1S/C20H38O2Si/c1-23(19-14-20-23)18-13-11-9-7-5-3-2-4-6-8-10-12-16-22-17-15-21/h21H,2-12,14-17,19-20H2,1H3. The summed E-state index contributed by atoms with van der Waals surface area (Å²) in [5.74, 6) is 3.46. The topological polar surface area (TPSA) is 29.5 Å². The zero-order valence-electron chi connectivity index (χ0n) is 15.4. The van der Waals surface area contributed by atoms with Gasteiger partial charge in [0.15, 0.2) is 0 Å². The first kappa shape index (κ1) is 20.7. The Bertz CT molecular complexity index is 328. The summed E-state index contributed by atoms with van der Waals surface area (Å²) < 4.78 is 5.25. The summed E-state index contributed by atoms with van der Waals surface area (Å²) in [7, 11) is -0.984. The van der Waals surface area contributed by atoms with Crippen LogP contribution in [-0.2, 0) is 4.74 Å². The van der Waals surface area contributed by atoms with Crippen molar-refractivity contribution in [1.82, 2.24) is 0 Å². The van der Waals surface area contributed by atoms with Crippen molar-refractivity contribution in [3.05, 3.63) is 0 Å². The molecule has 1 heterocycles. The number of hydrogen-bond donors (Lipinski definition) is 1. The van der Waals surface area contributed by atoms with Crippen LogP contribution < -0.4 is 0 Å². The van der Waals surface area contributed by atoms with Gasteiger partial charge >= 0.3 is 0 Å². The molecule has 0 aromatic carbocycles. The van der Waals surface area contributed by atoms with Crippen molar-refractivity contribution >= 4 is 8.07 Å². The van der Waals surface area contributed by atoms with Crippen molar-refractivity contribution < 1.29 is 9.84 Å². The highest BCUT2D eigenvalue weighted by Gasteiger charge is 2.32. The molecule has 23 heavy (non-hydrogen) atoms. The molecule has 0 spiro atoms. The zero-order valence-corrected chi connectivity index (χ0v) is 16.4. The molecule has 1 aliphatic rings. The Hall–Kier alpha value is -0.303. The van der Waals surface area contributed by atoms with Gasteiger partial charge < -0.3 is 9.84 Å². The van der Waals surface area contributed by atoms with E-state index in [1.807, 2.05) is 0 Å². The third-order valence-corrected chi connectivity index (χ3v) is 8.62. The van der Waals surface area contributed by atoms with Gasteiger partial charge in [-0.05, 0) is 24.9 Å². The van der Waals surface area contributed by atoms with Crippen LogP contribution in [0.3, 0.4) is 0 Å². The van der Waals surface area contributed by atoms with Crippen LogP contribution in [0.2, 0.25) is 18.6 Å². The molecular weight excluding hydrogens is 300 g/mol. The Kier molecular flexibility index (Phi) is 12.7. The molecule has 0 aromatic rings. The predicted octanol–water partition coefficient (Wildman–Crippen LogP) is 5.31. The maximum atomic E-state index is 8.58. The molecule has 3 heteroatoms. The van der Waals surface area contributed by atoms with E-state index in [-0.39, 0.29) is 6.61 Å². The van der Waals surface area contributed by atoms with Gasteiger partial charge in [-0.25, -0.2) is 0 Å². The fourth-order valence-electron chi connectivity index (χ4n) is 3.11. The number of rotatable bonds is 14. The Balaban J connectivity index is 1.71. The van der Waals surface area contributed by atoms with Crippen molar-refractivity contribution in [3.8, 4) is 11.5 Å². The summed E-state index contributed by atoms with van der Waals surface area (Å²) in [6.45, 7) is 3.90. The molecule has 0 radical (unpaired) electrons. The average Bonchev–Trinajstić information content (AvgIpc) is 2.53. The minimum atomic E-state index is -0.984. The van der Waals surface area contributed by atoms with Crippen LogP contribution in [0, 0.1) is 11.5 Å². The maximum Gasteiger partial charge on any atom is 0.135 e. The summed E-state index contributed by atoms with van der Waals surface area (Å²) in [5.41, 5.74) is 3.61. The second-order valence-corrected chi connectivity index (χ2v) is 11.7. The van der Waals surface area contributed by atoms with Gasteiger partial charge in [-0.3, -0.25) is 0 Å². The van der Waals surface area contributed by atoms with Gasteiger partial charge in [0, 0.05) is 13.0 Å². The lowest BCUT2D eigenvalue weighted by atomic mass is 10.1. The van der Waals surface area contributed by atoms with E-state index in [1.165, 1.54) is 76.3 Å². The highest BCUT2D eigenvalue weighted by Crippen LogP contribution is 2.31. The minimum Gasteiger partial charge on any atom is -0.394 e. The van der Waals surface area contributed by atoms with Gasteiger partial charge in [0.1, 0.15) is 8.07 Å². The Morgan fingerprint density at radius 3 is 1.91 bits per heavy atom. The summed E-state index contributed by atoms with van der Waals surface area (Å²) in [4.78, 5) is 0. The number of ether oxygens (including phenoxy) is 1. The predicted molar refractivity (Wildman–Crippen MR) is 102 cm³/mol. The van der Waals surface area contributed by atoms with Crippen molar-refractivity contribution in [1.29, 1.82) is 0 Å². The smallest absolute Gasteiger partial charge is 0.135 e. The molecule has 0 aromatic heterocycles. The molecule has 1 aliphatic heterocycles. The van der Waals surface area contributed by atoms with Gasteiger partial charge in [-0.2, -0.15) is 0 Å². The van der Waals surface area contributed by atoms with E-state index in [2.05, 4.69) is 18.0 Å². The highest BCUT2D eigenvalue weighted by atomic mass is 28.3. The maximum absolute atomic E-state index is 8.58. The van der Waals surface area contributed by atoms with Crippen LogP contribution >= 0.6 is 0 Å². The molecule has 0 unspecified atom stereocenters. The zero-order chi connectivity index (χ0) is 16.6. The van der Waals surface area contributed by atoms with E-state index in [0.717, 1.165) is 19.4 Å². The SMILES string of the molecule is C[Si]1(C#CCCCCCCCCCCCCOCCO)CCC1. The van der Waals surface area contributed by atoms with Crippen molar-refractivity contribution in [2.75, 3.05) is 19.8 Å². The third-order valence-electron chi connectivity index (χ3n) is 4.92. The largest absolute Gasteiger partial charge is 0.394 e. The van der Waals surface area contributed by atoms with Gasteiger partial charge in [-0.15, -0.1) is 11.5 Å². The summed E-state index contributed by atoms with van der Waals surface area (Å²) >= 11 is 0.